The molecule has 1 aliphatic carbocycles. The first-order valence-electron chi connectivity index (χ1n) is 9.29. The minimum Gasteiger partial charge on any atom is -0.309 e. The van der Waals surface area contributed by atoms with E-state index in [-0.39, 0.29) is 11.5 Å². The Kier molecular flexibility index (Phi) is 5.30. The molecule has 9 heteroatoms. The van der Waals surface area contributed by atoms with Crippen molar-refractivity contribution in [2.75, 3.05) is 5.32 Å². The molecule has 2 heterocycles. The number of fused-ring (bicyclic) bond motifs is 1. The molecular formula is C18H24F3N5O. The van der Waals surface area contributed by atoms with Gasteiger partial charge in [0.1, 0.15) is 11.9 Å². The van der Waals surface area contributed by atoms with E-state index >= 15 is 0 Å². The number of carbonyl (C=O) groups is 1. The van der Waals surface area contributed by atoms with Crippen LogP contribution < -0.4 is 5.32 Å². The van der Waals surface area contributed by atoms with Gasteiger partial charge in [0, 0.05) is 23.9 Å². The Morgan fingerprint density at radius 1 is 1.30 bits per heavy atom. The first-order valence-corrected chi connectivity index (χ1v) is 9.29. The van der Waals surface area contributed by atoms with E-state index in [0.717, 1.165) is 12.1 Å². The maximum absolute atomic E-state index is 13.3. The van der Waals surface area contributed by atoms with Crippen LogP contribution in [0.1, 0.15) is 61.8 Å². The third-order valence-electron chi connectivity index (χ3n) is 4.80. The van der Waals surface area contributed by atoms with Gasteiger partial charge in [0.15, 0.2) is 5.69 Å². The van der Waals surface area contributed by atoms with Gasteiger partial charge in [-0.2, -0.15) is 23.4 Å². The molecule has 0 saturated heterocycles. The van der Waals surface area contributed by atoms with Gasteiger partial charge < -0.3 is 5.32 Å². The molecule has 0 radical (unpaired) electrons. The predicted molar refractivity (Wildman–Crippen MR) is 94.5 cm³/mol. The first-order chi connectivity index (χ1) is 12.8. The Bertz CT molecular complexity index is 837. The largest absolute Gasteiger partial charge is 0.435 e. The fraction of sp³-hybridized carbons (Fsp3) is 0.611. The highest BCUT2D eigenvalue weighted by molar-refractivity contribution is 5.93. The molecule has 0 saturated carbocycles. The van der Waals surface area contributed by atoms with E-state index in [1.807, 2.05) is 13.8 Å². The lowest BCUT2D eigenvalue weighted by molar-refractivity contribution is -0.142. The van der Waals surface area contributed by atoms with E-state index in [4.69, 9.17) is 0 Å². The van der Waals surface area contributed by atoms with Gasteiger partial charge in [-0.25, -0.2) is 4.68 Å². The Balaban J connectivity index is 1.91. The van der Waals surface area contributed by atoms with Crippen LogP contribution >= 0.6 is 0 Å². The van der Waals surface area contributed by atoms with E-state index < -0.39 is 17.9 Å². The second-order valence-corrected chi connectivity index (χ2v) is 6.88. The lowest BCUT2D eigenvalue weighted by Gasteiger charge is -2.18. The molecule has 0 aliphatic heterocycles. The van der Waals surface area contributed by atoms with Crippen LogP contribution in [-0.2, 0) is 30.4 Å². The fourth-order valence-corrected chi connectivity index (χ4v) is 3.66. The van der Waals surface area contributed by atoms with E-state index in [1.54, 1.807) is 17.7 Å². The molecule has 1 amide bonds. The quantitative estimate of drug-likeness (QED) is 0.823. The molecule has 0 unspecified atom stereocenters. The van der Waals surface area contributed by atoms with Gasteiger partial charge in [-0.15, -0.1) is 0 Å². The summed E-state index contributed by atoms with van der Waals surface area (Å²) in [4.78, 5) is 12.9. The topological polar surface area (TPSA) is 64.7 Å². The highest BCUT2D eigenvalue weighted by Gasteiger charge is 2.41. The van der Waals surface area contributed by atoms with Gasteiger partial charge in [-0.05, 0) is 39.0 Å². The van der Waals surface area contributed by atoms with Crippen molar-refractivity contribution in [3.05, 3.63) is 28.7 Å². The average Bonchev–Trinajstić information content (AvgIpc) is 3.24. The number of amides is 1. The number of carbonyl (C=O) groups excluding carboxylic acids is 1. The molecule has 0 bridgehead atoms. The van der Waals surface area contributed by atoms with Crippen molar-refractivity contribution >= 4 is 11.7 Å². The second kappa shape index (κ2) is 7.36. The van der Waals surface area contributed by atoms with E-state index in [1.165, 1.54) is 4.68 Å². The number of nitrogens with one attached hydrogen (secondary N) is 1. The summed E-state index contributed by atoms with van der Waals surface area (Å²) in [5, 5.41) is 11.0. The molecule has 27 heavy (non-hydrogen) atoms. The van der Waals surface area contributed by atoms with Crippen molar-refractivity contribution in [1.29, 1.82) is 0 Å². The Morgan fingerprint density at radius 3 is 2.67 bits per heavy atom. The highest BCUT2D eigenvalue weighted by Crippen LogP contribution is 2.38. The molecule has 3 rings (SSSR count). The van der Waals surface area contributed by atoms with Crippen LogP contribution in [0, 0.1) is 6.92 Å². The van der Waals surface area contributed by atoms with Crippen molar-refractivity contribution < 1.29 is 18.0 Å². The zero-order valence-corrected chi connectivity index (χ0v) is 15.7. The summed E-state index contributed by atoms with van der Waals surface area (Å²) in [5.41, 5.74) is 0.683. The molecule has 0 spiro atoms. The maximum atomic E-state index is 13.3. The number of rotatable bonds is 6. The van der Waals surface area contributed by atoms with Gasteiger partial charge in [0.25, 0.3) is 0 Å². The van der Waals surface area contributed by atoms with Crippen molar-refractivity contribution in [2.45, 2.75) is 71.6 Å². The smallest absolute Gasteiger partial charge is 0.309 e. The number of alkyl halides is 3. The molecule has 1 aliphatic rings. The lowest BCUT2D eigenvalue weighted by atomic mass is 10.1. The van der Waals surface area contributed by atoms with Crippen LogP contribution in [0.4, 0.5) is 19.0 Å². The normalized spacial score (nSPS) is 15.0. The molecule has 0 fully saturated rings. The summed E-state index contributed by atoms with van der Waals surface area (Å²) >= 11 is 0. The van der Waals surface area contributed by atoms with Crippen LogP contribution in [0.2, 0.25) is 0 Å². The molecular weight excluding hydrogens is 359 g/mol. The number of aromatic nitrogens is 4. The monoisotopic (exact) mass is 383 g/mol. The number of anilines is 1. The van der Waals surface area contributed by atoms with Gasteiger partial charge >= 0.3 is 6.18 Å². The predicted octanol–water partition coefficient (Wildman–Crippen LogP) is 3.90. The van der Waals surface area contributed by atoms with Crippen LogP contribution in [0.15, 0.2) is 6.07 Å². The van der Waals surface area contributed by atoms with Crippen molar-refractivity contribution in [3.8, 4) is 0 Å². The average molecular weight is 383 g/mol. The second-order valence-electron chi connectivity index (χ2n) is 6.88. The third kappa shape index (κ3) is 3.72. The van der Waals surface area contributed by atoms with Crippen molar-refractivity contribution in [2.24, 2.45) is 0 Å². The SMILES string of the molecule is CCCn1nc(C)cc1NC(=O)[C@H](CC)n1nc(C(F)(F)F)c2c1CCC2. The Hall–Kier alpha value is -2.32. The molecule has 1 atom stereocenters. The Labute approximate surface area is 155 Å². The number of hydrogen-bond acceptors (Lipinski definition) is 3. The van der Waals surface area contributed by atoms with Crippen molar-refractivity contribution in [3.63, 3.8) is 0 Å². The summed E-state index contributed by atoms with van der Waals surface area (Å²) in [6.07, 6.45) is -1.80. The lowest BCUT2D eigenvalue weighted by Crippen LogP contribution is -2.28. The molecule has 2 aromatic heterocycles. The first kappa shape index (κ1) is 19.4. The van der Waals surface area contributed by atoms with Gasteiger partial charge in [-0.1, -0.05) is 13.8 Å². The number of hydrogen-bond donors (Lipinski definition) is 1. The summed E-state index contributed by atoms with van der Waals surface area (Å²) in [7, 11) is 0. The molecule has 0 aromatic carbocycles. The van der Waals surface area contributed by atoms with Crippen LogP contribution in [0.25, 0.3) is 0 Å². The minimum atomic E-state index is -4.51. The molecule has 148 valence electrons. The zero-order valence-electron chi connectivity index (χ0n) is 15.7. The van der Waals surface area contributed by atoms with Crippen LogP contribution in [-0.4, -0.2) is 25.5 Å². The summed E-state index contributed by atoms with van der Waals surface area (Å²) in [5.74, 6) is 0.179. The summed E-state index contributed by atoms with van der Waals surface area (Å²) in [6.45, 7) is 6.25. The third-order valence-corrected chi connectivity index (χ3v) is 4.80. The number of aryl methyl sites for hydroxylation is 2. The number of nitrogens with zero attached hydrogens (tertiary/aromatic N) is 4. The molecule has 2 aromatic rings. The van der Waals surface area contributed by atoms with Gasteiger partial charge in [0.05, 0.1) is 5.69 Å². The summed E-state index contributed by atoms with van der Waals surface area (Å²) in [6, 6.07) is 0.966. The molecule has 1 N–H and O–H groups in total. The summed E-state index contributed by atoms with van der Waals surface area (Å²) < 4.78 is 43.0. The van der Waals surface area contributed by atoms with Gasteiger partial charge in [0.2, 0.25) is 5.91 Å². The highest BCUT2D eigenvalue weighted by atomic mass is 19.4. The van der Waals surface area contributed by atoms with E-state index in [2.05, 4.69) is 15.5 Å². The fourth-order valence-electron chi connectivity index (χ4n) is 3.66. The van der Waals surface area contributed by atoms with Crippen LogP contribution in [0.3, 0.4) is 0 Å². The maximum Gasteiger partial charge on any atom is 0.435 e. The van der Waals surface area contributed by atoms with Gasteiger partial charge in [-0.3, -0.25) is 9.48 Å². The van der Waals surface area contributed by atoms with E-state index in [0.29, 0.717) is 43.7 Å². The van der Waals surface area contributed by atoms with Crippen molar-refractivity contribution in [1.82, 2.24) is 19.6 Å². The van der Waals surface area contributed by atoms with Crippen LogP contribution in [0.5, 0.6) is 0 Å². The van der Waals surface area contributed by atoms with E-state index in [9.17, 15) is 18.0 Å². The minimum absolute atomic E-state index is 0.237. The zero-order chi connectivity index (χ0) is 19.8. The standard InChI is InChI=1S/C18H24F3N5O/c1-4-9-25-15(10-11(3)23-25)22-17(27)13(5-2)26-14-8-6-7-12(14)16(24-26)18(19,20)21/h10,13H,4-9H2,1-3H3,(H,22,27)/t13-/m0/s1. The molecule has 6 nitrogen and oxygen atoms in total. The number of halogens is 3. The Morgan fingerprint density at radius 2 is 2.04 bits per heavy atom.